The summed E-state index contributed by atoms with van der Waals surface area (Å²) in [5.74, 6) is -2.72. The van der Waals surface area contributed by atoms with E-state index < -0.39 is 143 Å². The minimum Gasteiger partial charge on any atom is -0.469 e. The van der Waals surface area contributed by atoms with Crippen LogP contribution in [0.1, 0.15) is 25.7 Å². The SMILES string of the molecule is COC(=O)CCn1c(=O)n(CCC(=O)OCCn2c(=O)n(CCO)c(=O)n(CCO)c2=O)c(=O)n(CCC(=O)OCC(O)CCO)c1=O. The van der Waals surface area contributed by atoms with E-state index in [2.05, 4.69) is 4.74 Å². The van der Waals surface area contributed by atoms with Crippen molar-refractivity contribution >= 4 is 17.9 Å². The molecule has 22 nitrogen and oxygen atoms in total. The van der Waals surface area contributed by atoms with E-state index in [4.69, 9.17) is 14.6 Å². The van der Waals surface area contributed by atoms with Gasteiger partial charge in [-0.3, -0.25) is 14.4 Å². The van der Waals surface area contributed by atoms with Crippen LogP contribution in [-0.4, -0.2) is 112 Å². The van der Waals surface area contributed by atoms with Crippen molar-refractivity contribution in [1.29, 1.82) is 0 Å². The minimum absolute atomic E-state index is 0.0625. The minimum atomic E-state index is -1.21. The molecule has 0 amide bonds. The van der Waals surface area contributed by atoms with Crippen molar-refractivity contribution in [2.45, 2.75) is 71.1 Å². The average molecular weight is 691 g/mol. The third-order valence-electron chi connectivity index (χ3n) is 6.74. The van der Waals surface area contributed by atoms with Crippen molar-refractivity contribution in [2.24, 2.45) is 0 Å². The highest BCUT2D eigenvalue weighted by Crippen LogP contribution is 1.96. The van der Waals surface area contributed by atoms with Gasteiger partial charge in [0.05, 0.1) is 65.3 Å². The van der Waals surface area contributed by atoms with Gasteiger partial charge in [-0.05, 0) is 6.42 Å². The Hall–Kier alpha value is -4.93. The summed E-state index contributed by atoms with van der Waals surface area (Å²) in [5, 5.41) is 36.8. The molecule has 0 radical (unpaired) electrons. The molecule has 0 aliphatic rings. The van der Waals surface area contributed by atoms with Gasteiger partial charge in [-0.1, -0.05) is 0 Å². The van der Waals surface area contributed by atoms with Crippen LogP contribution >= 0.6 is 0 Å². The van der Waals surface area contributed by atoms with Crippen molar-refractivity contribution in [1.82, 2.24) is 27.4 Å². The summed E-state index contributed by atoms with van der Waals surface area (Å²) < 4.78 is 17.6. The van der Waals surface area contributed by atoms with E-state index in [0.29, 0.717) is 27.4 Å². The molecule has 0 aromatic carbocycles. The molecule has 0 aliphatic heterocycles. The van der Waals surface area contributed by atoms with Gasteiger partial charge < -0.3 is 34.6 Å². The number of carbonyl (C=O) groups excluding carboxylic acids is 3. The maximum absolute atomic E-state index is 13.1. The fourth-order valence-electron chi connectivity index (χ4n) is 4.24. The number of nitrogens with zero attached hydrogens (tertiary/aromatic N) is 6. The van der Waals surface area contributed by atoms with E-state index in [-0.39, 0.29) is 13.0 Å². The third-order valence-corrected chi connectivity index (χ3v) is 6.74. The molecule has 48 heavy (non-hydrogen) atoms. The van der Waals surface area contributed by atoms with Gasteiger partial charge in [-0.25, -0.2) is 56.2 Å². The van der Waals surface area contributed by atoms with E-state index in [9.17, 15) is 58.5 Å². The molecule has 0 aliphatic carbocycles. The lowest BCUT2D eigenvalue weighted by atomic mass is 10.3. The molecule has 2 aromatic heterocycles. The Kier molecular flexibility index (Phi) is 15.6. The molecule has 0 spiro atoms. The van der Waals surface area contributed by atoms with Crippen LogP contribution in [-0.2, 0) is 67.9 Å². The number of esters is 3. The lowest BCUT2D eigenvalue weighted by Crippen LogP contribution is -2.55. The molecule has 2 rings (SSSR count). The Labute approximate surface area is 268 Å². The van der Waals surface area contributed by atoms with E-state index in [1.807, 2.05) is 0 Å². The molecule has 0 bridgehead atoms. The second kappa shape index (κ2) is 19.0. The molecule has 2 heterocycles. The number of carbonyl (C=O) groups is 3. The lowest BCUT2D eigenvalue weighted by Gasteiger charge is -2.14. The first-order chi connectivity index (χ1) is 22.8. The summed E-state index contributed by atoms with van der Waals surface area (Å²) in [4.78, 5) is 113. The number of hydrogen-bond donors (Lipinski definition) is 4. The van der Waals surface area contributed by atoms with Crippen LogP contribution in [0.4, 0.5) is 0 Å². The zero-order valence-corrected chi connectivity index (χ0v) is 26.1. The summed E-state index contributed by atoms with van der Waals surface area (Å²) in [6, 6.07) is 0. The highest BCUT2D eigenvalue weighted by atomic mass is 16.5. The van der Waals surface area contributed by atoms with Gasteiger partial charge in [-0.2, -0.15) is 0 Å². The maximum atomic E-state index is 13.1. The summed E-state index contributed by atoms with van der Waals surface area (Å²) in [7, 11) is 1.08. The monoisotopic (exact) mass is 690 g/mol. The van der Waals surface area contributed by atoms with Gasteiger partial charge in [-0.15, -0.1) is 0 Å². The average Bonchev–Trinajstić information content (AvgIpc) is 3.05. The Morgan fingerprint density at radius 1 is 0.542 bits per heavy atom. The molecule has 268 valence electrons. The first kappa shape index (κ1) is 39.2. The van der Waals surface area contributed by atoms with Gasteiger partial charge in [0, 0.05) is 26.2 Å². The van der Waals surface area contributed by atoms with Gasteiger partial charge in [0.25, 0.3) is 0 Å². The van der Waals surface area contributed by atoms with Crippen LogP contribution in [0.2, 0.25) is 0 Å². The predicted molar refractivity (Wildman–Crippen MR) is 158 cm³/mol. The summed E-state index contributed by atoms with van der Waals surface area (Å²) in [6.07, 6.45) is -2.84. The Morgan fingerprint density at radius 2 is 0.896 bits per heavy atom. The van der Waals surface area contributed by atoms with Crippen molar-refractivity contribution in [3.05, 3.63) is 62.9 Å². The largest absolute Gasteiger partial charge is 0.469 e. The molecular formula is C26H38N6O16. The zero-order valence-electron chi connectivity index (χ0n) is 26.1. The van der Waals surface area contributed by atoms with Crippen LogP contribution < -0.4 is 34.1 Å². The summed E-state index contributed by atoms with van der Waals surface area (Å²) in [5.41, 5.74) is -6.82. The van der Waals surface area contributed by atoms with Crippen molar-refractivity contribution in [2.75, 3.05) is 40.1 Å². The number of aliphatic hydroxyl groups is 4. The van der Waals surface area contributed by atoms with Crippen LogP contribution in [0, 0.1) is 0 Å². The van der Waals surface area contributed by atoms with Crippen LogP contribution in [0.25, 0.3) is 0 Å². The lowest BCUT2D eigenvalue weighted by molar-refractivity contribution is -0.147. The predicted octanol–water partition coefficient (Wildman–Crippen LogP) is -6.49. The highest BCUT2D eigenvalue weighted by Gasteiger charge is 2.20. The number of methoxy groups -OCH3 is 1. The van der Waals surface area contributed by atoms with E-state index in [0.717, 1.165) is 7.11 Å². The fraction of sp³-hybridized carbons (Fsp3) is 0.654. The summed E-state index contributed by atoms with van der Waals surface area (Å²) in [6.45, 7) is -5.82. The highest BCUT2D eigenvalue weighted by molar-refractivity contribution is 5.69. The van der Waals surface area contributed by atoms with Crippen molar-refractivity contribution < 1.29 is 49.0 Å². The standard InChI is InChI=1S/C26H38N6O16/c1-46-18(37)2-6-27-21(40)28(23(42)29(22(27)41)8-4-20(39)48-16-17(36)5-12-33)7-3-19(38)47-15-11-32-25(44)30(9-13-34)24(43)31(10-14-35)26(32)45/h17,33-36H,2-16H2,1H3. The number of aromatic nitrogens is 6. The maximum Gasteiger partial charge on any atom is 0.336 e. The van der Waals surface area contributed by atoms with E-state index >= 15 is 0 Å². The Morgan fingerprint density at radius 3 is 1.27 bits per heavy atom. The first-order valence-corrected chi connectivity index (χ1v) is 14.6. The van der Waals surface area contributed by atoms with E-state index in [1.165, 1.54) is 0 Å². The van der Waals surface area contributed by atoms with Crippen LogP contribution in [0.15, 0.2) is 28.8 Å². The molecule has 4 N–H and O–H groups in total. The second-order valence-electron chi connectivity index (χ2n) is 9.95. The first-order valence-electron chi connectivity index (χ1n) is 14.6. The molecule has 1 unspecified atom stereocenters. The number of hydrogen-bond acceptors (Lipinski definition) is 16. The second-order valence-corrected chi connectivity index (χ2v) is 9.95. The smallest absolute Gasteiger partial charge is 0.336 e. The van der Waals surface area contributed by atoms with E-state index in [1.54, 1.807) is 0 Å². The fourth-order valence-corrected chi connectivity index (χ4v) is 4.24. The normalized spacial score (nSPS) is 11.7. The van der Waals surface area contributed by atoms with Crippen LogP contribution in [0.3, 0.4) is 0 Å². The number of aliphatic hydroxyl groups excluding tert-OH is 4. The molecule has 0 fully saturated rings. The number of rotatable bonds is 20. The Balaban J connectivity index is 2.25. The van der Waals surface area contributed by atoms with Crippen molar-refractivity contribution in [3.8, 4) is 0 Å². The van der Waals surface area contributed by atoms with Crippen molar-refractivity contribution in [3.63, 3.8) is 0 Å². The molecule has 2 aromatic rings. The molecule has 0 saturated carbocycles. The molecule has 22 heteroatoms. The quantitative estimate of drug-likeness (QED) is 0.0742. The van der Waals surface area contributed by atoms with Gasteiger partial charge >= 0.3 is 52.0 Å². The van der Waals surface area contributed by atoms with Gasteiger partial charge in [0.1, 0.15) is 13.2 Å². The zero-order chi connectivity index (χ0) is 36.0. The summed E-state index contributed by atoms with van der Waals surface area (Å²) >= 11 is 0. The topological polar surface area (TPSA) is 292 Å². The third kappa shape index (κ3) is 10.3. The molecule has 1 atom stereocenters. The number of ether oxygens (including phenoxy) is 3. The Bertz CT molecular complexity index is 1750. The molecular weight excluding hydrogens is 652 g/mol. The van der Waals surface area contributed by atoms with Gasteiger partial charge in [0.2, 0.25) is 0 Å². The van der Waals surface area contributed by atoms with Crippen LogP contribution in [0.5, 0.6) is 0 Å². The van der Waals surface area contributed by atoms with Gasteiger partial charge in [0.15, 0.2) is 0 Å². The molecule has 0 saturated heterocycles.